The summed E-state index contributed by atoms with van der Waals surface area (Å²) in [5.41, 5.74) is 2.76. The first-order valence-corrected chi connectivity index (χ1v) is 6.68. The fourth-order valence-electron chi connectivity index (χ4n) is 1.81. The quantitative estimate of drug-likeness (QED) is 0.879. The van der Waals surface area contributed by atoms with Crippen LogP contribution in [-0.4, -0.2) is 18.2 Å². The number of rotatable bonds is 5. The summed E-state index contributed by atoms with van der Waals surface area (Å²) in [6, 6.07) is 7.66. The number of carboxylic acids is 1. The first kappa shape index (κ1) is 13.4. The van der Waals surface area contributed by atoms with Gasteiger partial charge in [0.2, 0.25) is 0 Å². The van der Waals surface area contributed by atoms with E-state index in [1.165, 1.54) is 11.3 Å². The largest absolute Gasteiger partial charge is 0.495 e. The van der Waals surface area contributed by atoms with Gasteiger partial charge in [-0.05, 0) is 41.6 Å². The first-order chi connectivity index (χ1) is 9.11. The number of aryl methyl sites for hydroxylation is 1. The summed E-state index contributed by atoms with van der Waals surface area (Å²) < 4.78 is 5.27. The Morgan fingerprint density at radius 2 is 2.21 bits per heavy atom. The summed E-state index contributed by atoms with van der Waals surface area (Å²) in [5, 5.41) is 14.1. The van der Waals surface area contributed by atoms with E-state index < -0.39 is 5.97 Å². The van der Waals surface area contributed by atoms with Gasteiger partial charge in [0.1, 0.15) is 10.6 Å². The van der Waals surface area contributed by atoms with Crippen LogP contribution in [0.2, 0.25) is 0 Å². The number of carboxylic acid groups (broad SMARTS) is 1. The van der Waals surface area contributed by atoms with Gasteiger partial charge in [-0.2, -0.15) is 0 Å². The van der Waals surface area contributed by atoms with Crippen LogP contribution in [0.5, 0.6) is 5.75 Å². The van der Waals surface area contributed by atoms with Crippen LogP contribution in [0.1, 0.15) is 20.8 Å². The molecule has 0 aliphatic carbocycles. The van der Waals surface area contributed by atoms with Gasteiger partial charge in [0.05, 0.1) is 12.8 Å². The minimum Gasteiger partial charge on any atom is -0.495 e. The molecule has 19 heavy (non-hydrogen) atoms. The molecule has 2 rings (SSSR count). The second kappa shape index (κ2) is 5.75. The van der Waals surface area contributed by atoms with Gasteiger partial charge in [-0.15, -0.1) is 11.3 Å². The molecule has 0 saturated carbocycles. The van der Waals surface area contributed by atoms with Crippen molar-refractivity contribution in [2.24, 2.45) is 0 Å². The van der Waals surface area contributed by atoms with Crippen molar-refractivity contribution >= 4 is 23.0 Å². The molecule has 0 saturated heterocycles. The second-order valence-electron chi connectivity index (χ2n) is 4.14. The van der Waals surface area contributed by atoms with Crippen LogP contribution < -0.4 is 10.1 Å². The van der Waals surface area contributed by atoms with Gasteiger partial charge >= 0.3 is 5.97 Å². The third-order valence-electron chi connectivity index (χ3n) is 2.77. The summed E-state index contributed by atoms with van der Waals surface area (Å²) in [6.45, 7) is 2.46. The standard InChI is InChI=1S/C14H15NO3S/c1-9-3-4-12(18-2)11(7-9)15-8-10-5-6-19-13(10)14(16)17/h3-7,15H,8H2,1-2H3,(H,16,17). The molecule has 0 fully saturated rings. The summed E-state index contributed by atoms with van der Waals surface area (Å²) in [7, 11) is 1.61. The van der Waals surface area contributed by atoms with Gasteiger partial charge in [-0.3, -0.25) is 0 Å². The number of nitrogens with one attached hydrogen (secondary N) is 1. The van der Waals surface area contributed by atoms with E-state index in [0.29, 0.717) is 11.4 Å². The molecule has 0 radical (unpaired) electrons. The lowest BCUT2D eigenvalue weighted by molar-refractivity contribution is 0.0701. The van der Waals surface area contributed by atoms with Crippen LogP contribution in [-0.2, 0) is 6.54 Å². The molecule has 0 unspecified atom stereocenters. The minimum absolute atomic E-state index is 0.374. The zero-order valence-electron chi connectivity index (χ0n) is 10.8. The van der Waals surface area contributed by atoms with E-state index in [1.54, 1.807) is 12.5 Å². The highest BCUT2D eigenvalue weighted by Gasteiger charge is 2.12. The molecule has 1 aromatic heterocycles. The molecule has 0 amide bonds. The molecule has 1 aromatic carbocycles. The molecule has 100 valence electrons. The molecule has 4 nitrogen and oxygen atoms in total. The van der Waals surface area contributed by atoms with Gasteiger partial charge in [-0.25, -0.2) is 4.79 Å². The predicted molar refractivity (Wildman–Crippen MR) is 76.3 cm³/mol. The van der Waals surface area contributed by atoms with E-state index in [1.807, 2.05) is 31.2 Å². The second-order valence-corrected chi connectivity index (χ2v) is 5.05. The van der Waals surface area contributed by atoms with E-state index in [0.717, 1.165) is 22.6 Å². The fourth-order valence-corrected chi connectivity index (χ4v) is 2.57. The Kier molecular flexibility index (Phi) is 4.06. The summed E-state index contributed by atoms with van der Waals surface area (Å²) in [6.07, 6.45) is 0. The summed E-state index contributed by atoms with van der Waals surface area (Å²) >= 11 is 1.24. The van der Waals surface area contributed by atoms with Crippen LogP contribution in [0.3, 0.4) is 0 Å². The Balaban J connectivity index is 2.16. The van der Waals surface area contributed by atoms with Crippen LogP contribution in [0.4, 0.5) is 5.69 Å². The smallest absolute Gasteiger partial charge is 0.346 e. The zero-order valence-corrected chi connectivity index (χ0v) is 11.6. The topological polar surface area (TPSA) is 58.6 Å². The van der Waals surface area contributed by atoms with Crippen molar-refractivity contribution in [3.63, 3.8) is 0 Å². The first-order valence-electron chi connectivity index (χ1n) is 5.80. The predicted octanol–water partition coefficient (Wildman–Crippen LogP) is 3.38. The Hall–Kier alpha value is -2.01. The molecule has 2 N–H and O–H groups in total. The molecule has 0 spiro atoms. The van der Waals surface area contributed by atoms with Crippen LogP contribution in [0.15, 0.2) is 29.6 Å². The Morgan fingerprint density at radius 1 is 1.42 bits per heavy atom. The van der Waals surface area contributed by atoms with Crippen molar-refractivity contribution < 1.29 is 14.6 Å². The summed E-state index contributed by atoms with van der Waals surface area (Å²) in [4.78, 5) is 11.4. The number of aromatic carboxylic acids is 1. The highest BCUT2D eigenvalue weighted by atomic mass is 32.1. The number of carbonyl (C=O) groups is 1. The lowest BCUT2D eigenvalue weighted by Gasteiger charge is -2.11. The molecular formula is C14H15NO3S. The van der Waals surface area contributed by atoms with E-state index in [4.69, 9.17) is 9.84 Å². The number of thiophene rings is 1. The monoisotopic (exact) mass is 277 g/mol. The lowest BCUT2D eigenvalue weighted by atomic mass is 10.2. The number of hydrogen-bond acceptors (Lipinski definition) is 4. The molecule has 2 aromatic rings. The number of methoxy groups -OCH3 is 1. The number of anilines is 1. The Morgan fingerprint density at radius 3 is 2.89 bits per heavy atom. The molecule has 5 heteroatoms. The molecule has 0 bridgehead atoms. The van der Waals surface area contributed by atoms with Crippen molar-refractivity contribution in [2.75, 3.05) is 12.4 Å². The molecular weight excluding hydrogens is 262 g/mol. The van der Waals surface area contributed by atoms with Crippen molar-refractivity contribution in [2.45, 2.75) is 13.5 Å². The Labute approximate surface area is 115 Å². The lowest BCUT2D eigenvalue weighted by Crippen LogP contribution is -2.05. The van der Waals surface area contributed by atoms with Gasteiger partial charge in [0.15, 0.2) is 0 Å². The van der Waals surface area contributed by atoms with Crippen molar-refractivity contribution in [1.82, 2.24) is 0 Å². The fraction of sp³-hybridized carbons (Fsp3) is 0.214. The van der Waals surface area contributed by atoms with Gasteiger partial charge in [0, 0.05) is 6.54 Å². The van der Waals surface area contributed by atoms with E-state index in [-0.39, 0.29) is 0 Å². The molecule has 0 aliphatic heterocycles. The van der Waals surface area contributed by atoms with Crippen LogP contribution in [0, 0.1) is 6.92 Å². The number of hydrogen-bond donors (Lipinski definition) is 2. The maximum Gasteiger partial charge on any atom is 0.346 e. The highest BCUT2D eigenvalue weighted by Crippen LogP contribution is 2.26. The molecule has 1 heterocycles. The summed E-state index contributed by atoms with van der Waals surface area (Å²) in [5.74, 6) is -0.138. The average Bonchev–Trinajstić information content (AvgIpc) is 2.85. The normalized spacial score (nSPS) is 10.2. The van der Waals surface area contributed by atoms with Crippen LogP contribution >= 0.6 is 11.3 Å². The highest BCUT2D eigenvalue weighted by molar-refractivity contribution is 7.12. The minimum atomic E-state index is -0.886. The number of ether oxygens (including phenoxy) is 1. The number of benzene rings is 1. The van der Waals surface area contributed by atoms with Gasteiger partial charge < -0.3 is 15.2 Å². The maximum atomic E-state index is 11.0. The molecule has 0 aliphatic rings. The van der Waals surface area contributed by atoms with Crippen molar-refractivity contribution in [3.8, 4) is 5.75 Å². The van der Waals surface area contributed by atoms with Gasteiger partial charge in [0.25, 0.3) is 0 Å². The van der Waals surface area contributed by atoms with E-state index in [9.17, 15) is 4.79 Å². The Bertz CT molecular complexity index is 592. The molecule has 0 atom stereocenters. The average molecular weight is 277 g/mol. The third kappa shape index (κ3) is 3.06. The SMILES string of the molecule is COc1ccc(C)cc1NCc1ccsc1C(=O)O. The zero-order chi connectivity index (χ0) is 13.8. The van der Waals surface area contributed by atoms with E-state index in [2.05, 4.69) is 5.32 Å². The maximum absolute atomic E-state index is 11.0. The van der Waals surface area contributed by atoms with Crippen LogP contribution in [0.25, 0.3) is 0 Å². The van der Waals surface area contributed by atoms with Crippen molar-refractivity contribution in [1.29, 1.82) is 0 Å². The van der Waals surface area contributed by atoms with Gasteiger partial charge in [-0.1, -0.05) is 6.07 Å². The van der Waals surface area contributed by atoms with Crippen molar-refractivity contribution in [3.05, 3.63) is 45.6 Å². The van der Waals surface area contributed by atoms with E-state index >= 15 is 0 Å². The third-order valence-corrected chi connectivity index (χ3v) is 3.71.